The second-order valence-corrected chi connectivity index (χ2v) is 10.2. The predicted octanol–water partition coefficient (Wildman–Crippen LogP) is 4.35. The molecule has 1 aliphatic heterocycles. The molecule has 6 nitrogen and oxygen atoms in total. The highest BCUT2D eigenvalue weighted by molar-refractivity contribution is 6.01. The molecule has 0 N–H and O–H groups in total. The highest BCUT2D eigenvalue weighted by Gasteiger charge is 2.55. The molecule has 1 aromatic rings. The molecular weight excluding hydrogens is 404 g/mol. The number of likely N-dealkylation sites (tertiary alicyclic amines) is 1. The zero-order valence-corrected chi connectivity index (χ0v) is 18.6. The minimum absolute atomic E-state index is 0.104. The van der Waals surface area contributed by atoms with Crippen LogP contribution in [-0.2, 0) is 9.59 Å². The molecule has 168 valence electrons. The summed E-state index contributed by atoms with van der Waals surface area (Å²) in [6.07, 6.45) is 10.2. The maximum atomic E-state index is 13.3. The lowest BCUT2D eigenvalue weighted by Crippen LogP contribution is -2.51. The molecule has 5 aliphatic rings. The van der Waals surface area contributed by atoms with Gasteiger partial charge in [0.15, 0.2) is 11.5 Å². The van der Waals surface area contributed by atoms with Crippen molar-refractivity contribution in [1.82, 2.24) is 4.90 Å². The summed E-state index contributed by atoms with van der Waals surface area (Å²) in [6.45, 7) is 1.39. The topological polar surface area (TPSA) is 79.6 Å². The summed E-state index contributed by atoms with van der Waals surface area (Å²) in [4.78, 5) is 27.6. The number of hydrogen-bond acceptors (Lipinski definition) is 5. The van der Waals surface area contributed by atoms with Gasteiger partial charge in [-0.15, -0.1) is 0 Å². The second kappa shape index (κ2) is 8.27. The monoisotopic (exact) mass is 434 g/mol. The van der Waals surface area contributed by atoms with Gasteiger partial charge in [-0.05, 0) is 92.9 Å². The lowest BCUT2D eigenvalue weighted by molar-refractivity contribution is -0.161. The Morgan fingerprint density at radius 1 is 1.06 bits per heavy atom. The Labute approximate surface area is 189 Å². The molecule has 1 aromatic carbocycles. The van der Waals surface area contributed by atoms with Crippen molar-refractivity contribution < 1.29 is 19.1 Å². The molecule has 4 saturated carbocycles. The fourth-order valence-electron chi connectivity index (χ4n) is 6.83. The first-order valence-electron chi connectivity index (χ1n) is 11.8. The Morgan fingerprint density at radius 2 is 1.69 bits per heavy atom. The third-order valence-electron chi connectivity index (χ3n) is 7.92. The van der Waals surface area contributed by atoms with Crippen molar-refractivity contribution in [2.75, 3.05) is 20.2 Å². The summed E-state index contributed by atoms with van der Waals surface area (Å²) in [5.74, 6) is 2.47. The van der Waals surface area contributed by atoms with Crippen molar-refractivity contribution in [2.24, 2.45) is 23.2 Å². The van der Waals surface area contributed by atoms with E-state index in [1.165, 1.54) is 26.4 Å². The molecule has 0 radical (unpaired) electrons. The van der Waals surface area contributed by atoms with Crippen LogP contribution in [0.2, 0.25) is 0 Å². The molecule has 4 bridgehead atoms. The molecule has 4 aliphatic carbocycles. The van der Waals surface area contributed by atoms with Crippen molar-refractivity contribution in [3.63, 3.8) is 0 Å². The van der Waals surface area contributed by atoms with Crippen molar-refractivity contribution in [2.45, 2.75) is 51.4 Å². The number of methoxy groups -OCH3 is 1. The number of carbonyl (C=O) groups excluding carboxylic acids is 2. The first kappa shape index (κ1) is 21.1. The van der Waals surface area contributed by atoms with E-state index in [4.69, 9.17) is 9.47 Å². The minimum atomic E-state index is -0.339. The van der Waals surface area contributed by atoms with Gasteiger partial charge < -0.3 is 14.4 Å². The van der Waals surface area contributed by atoms with E-state index in [1.54, 1.807) is 29.2 Å². The van der Waals surface area contributed by atoms with E-state index in [1.807, 2.05) is 6.07 Å². The molecule has 1 saturated heterocycles. The Balaban J connectivity index is 1.34. The number of rotatable bonds is 5. The van der Waals surface area contributed by atoms with Crippen molar-refractivity contribution >= 4 is 18.0 Å². The van der Waals surface area contributed by atoms with E-state index in [9.17, 15) is 14.9 Å². The lowest BCUT2D eigenvalue weighted by Gasteiger charge is -2.55. The average Bonchev–Trinajstić information content (AvgIpc) is 3.32. The Bertz CT molecular complexity index is 964. The van der Waals surface area contributed by atoms with Crippen LogP contribution in [0.15, 0.2) is 23.8 Å². The van der Waals surface area contributed by atoms with Crippen LogP contribution in [0.1, 0.15) is 56.9 Å². The molecule has 32 heavy (non-hydrogen) atoms. The lowest BCUT2D eigenvalue weighted by atomic mass is 9.49. The quantitative estimate of drug-likeness (QED) is 0.298. The molecule has 0 spiro atoms. The molecule has 0 aromatic heterocycles. The summed E-state index contributed by atoms with van der Waals surface area (Å²) in [5.41, 5.74) is 0.432. The summed E-state index contributed by atoms with van der Waals surface area (Å²) < 4.78 is 11.4. The smallest absolute Gasteiger partial charge is 0.317 e. The van der Waals surface area contributed by atoms with Crippen LogP contribution in [0.4, 0.5) is 0 Å². The van der Waals surface area contributed by atoms with Gasteiger partial charge in [-0.25, -0.2) is 0 Å². The van der Waals surface area contributed by atoms with Gasteiger partial charge in [-0.2, -0.15) is 5.26 Å². The predicted molar refractivity (Wildman–Crippen MR) is 119 cm³/mol. The zero-order valence-electron chi connectivity index (χ0n) is 18.6. The van der Waals surface area contributed by atoms with Gasteiger partial charge in [0, 0.05) is 13.1 Å². The largest absolute Gasteiger partial charge is 0.493 e. The summed E-state index contributed by atoms with van der Waals surface area (Å²) in [5, 5.41) is 9.50. The van der Waals surface area contributed by atoms with Gasteiger partial charge in [0.05, 0.1) is 12.5 Å². The molecular formula is C26H30N2O4. The van der Waals surface area contributed by atoms with Crippen LogP contribution >= 0.6 is 0 Å². The highest BCUT2D eigenvalue weighted by atomic mass is 16.6. The van der Waals surface area contributed by atoms with E-state index < -0.39 is 0 Å². The number of ether oxygens (including phenoxy) is 2. The van der Waals surface area contributed by atoms with Crippen LogP contribution < -0.4 is 9.47 Å². The normalized spacial score (nSPS) is 30.8. The molecule has 6 heteroatoms. The van der Waals surface area contributed by atoms with Crippen LogP contribution in [0, 0.1) is 34.5 Å². The Morgan fingerprint density at radius 3 is 2.25 bits per heavy atom. The number of benzene rings is 1. The molecule has 1 amide bonds. The van der Waals surface area contributed by atoms with Gasteiger partial charge in [-0.3, -0.25) is 9.59 Å². The number of hydrogen-bond donors (Lipinski definition) is 0. The number of nitriles is 1. The van der Waals surface area contributed by atoms with Gasteiger partial charge in [0.2, 0.25) is 0 Å². The van der Waals surface area contributed by atoms with Crippen molar-refractivity contribution in [3.05, 3.63) is 29.3 Å². The van der Waals surface area contributed by atoms with Crippen LogP contribution in [0.5, 0.6) is 11.5 Å². The van der Waals surface area contributed by atoms with Crippen LogP contribution in [0.3, 0.4) is 0 Å². The first-order valence-corrected chi connectivity index (χ1v) is 11.8. The molecule has 6 rings (SSSR count). The third-order valence-corrected chi connectivity index (χ3v) is 7.92. The molecule has 5 fully saturated rings. The second-order valence-electron chi connectivity index (χ2n) is 10.2. The van der Waals surface area contributed by atoms with Gasteiger partial charge >= 0.3 is 5.97 Å². The summed E-state index contributed by atoms with van der Waals surface area (Å²) >= 11 is 0. The number of nitrogens with zero attached hydrogens (tertiary/aromatic N) is 2. The fraction of sp³-hybridized carbons (Fsp3) is 0.577. The molecule has 0 unspecified atom stereocenters. The maximum Gasteiger partial charge on any atom is 0.317 e. The fourth-order valence-corrected chi connectivity index (χ4v) is 6.83. The van der Waals surface area contributed by atoms with E-state index >= 15 is 0 Å². The van der Waals surface area contributed by atoms with Crippen molar-refractivity contribution in [1.29, 1.82) is 5.26 Å². The Hall–Kier alpha value is -2.81. The number of amides is 1. The molecule has 1 heterocycles. The minimum Gasteiger partial charge on any atom is -0.493 e. The Kier molecular flexibility index (Phi) is 5.44. The highest BCUT2D eigenvalue weighted by Crippen LogP contribution is 2.60. The van der Waals surface area contributed by atoms with E-state index in [0.717, 1.165) is 32.1 Å². The maximum absolute atomic E-state index is 13.3. The van der Waals surface area contributed by atoms with E-state index in [0.29, 0.717) is 47.9 Å². The van der Waals surface area contributed by atoms with E-state index in [2.05, 4.69) is 0 Å². The van der Waals surface area contributed by atoms with Crippen LogP contribution in [0.25, 0.3) is 6.08 Å². The van der Waals surface area contributed by atoms with E-state index in [-0.39, 0.29) is 22.9 Å². The van der Waals surface area contributed by atoms with Gasteiger partial charge in [-0.1, -0.05) is 6.07 Å². The number of carbonyl (C=O) groups is 2. The first-order chi connectivity index (χ1) is 15.5. The van der Waals surface area contributed by atoms with Crippen LogP contribution in [-0.4, -0.2) is 37.0 Å². The standard InChI is InChI=1S/C26H30N2O4/c1-31-23-12-17(11-21(16-27)24(29)28-6-2-3-7-28)4-5-22(23)32-25(30)26-13-18-8-19(14-26)10-20(9-18)15-26/h4-5,11-12,18-20H,2-3,6-10,13-15H2,1H3/b21-11+. The third kappa shape index (κ3) is 3.79. The number of esters is 1. The molecule has 0 atom stereocenters. The summed E-state index contributed by atoms with van der Waals surface area (Å²) in [6, 6.07) is 7.22. The average molecular weight is 435 g/mol. The summed E-state index contributed by atoms with van der Waals surface area (Å²) in [7, 11) is 1.53. The van der Waals surface area contributed by atoms with Gasteiger partial charge in [0.1, 0.15) is 11.6 Å². The van der Waals surface area contributed by atoms with Gasteiger partial charge in [0.25, 0.3) is 5.91 Å². The zero-order chi connectivity index (χ0) is 22.3. The van der Waals surface area contributed by atoms with Crippen molar-refractivity contribution in [3.8, 4) is 17.6 Å². The SMILES string of the molecule is COc1cc(/C=C(\C#N)C(=O)N2CCCC2)ccc1OC(=O)C12CC3CC(CC(C3)C1)C2.